The summed E-state index contributed by atoms with van der Waals surface area (Å²) in [5, 5.41) is 5.20. The number of rotatable bonds is 3. The maximum absolute atomic E-state index is 12.8. The molecule has 3 aromatic rings. The van der Waals surface area contributed by atoms with Gasteiger partial charge in [0, 0.05) is 37.8 Å². The summed E-state index contributed by atoms with van der Waals surface area (Å²) in [6.45, 7) is 0. The van der Waals surface area contributed by atoms with Crippen LogP contribution in [0.1, 0.15) is 17.9 Å². The zero-order valence-corrected chi connectivity index (χ0v) is 13.2. The zero-order chi connectivity index (χ0) is 16.0. The molecule has 0 bridgehead atoms. The fourth-order valence-corrected chi connectivity index (χ4v) is 3.21. The summed E-state index contributed by atoms with van der Waals surface area (Å²) in [7, 11) is 3.75. The molecule has 1 aliphatic rings. The summed E-state index contributed by atoms with van der Waals surface area (Å²) in [5.41, 5.74) is 2.97. The van der Waals surface area contributed by atoms with E-state index in [1.54, 1.807) is 15.8 Å². The van der Waals surface area contributed by atoms with Gasteiger partial charge in [0.25, 0.3) is 0 Å². The molecule has 0 unspecified atom stereocenters. The summed E-state index contributed by atoms with van der Waals surface area (Å²) < 4.78 is 1.79. The number of hydrogen-bond donors (Lipinski definition) is 0. The van der Waals surface area contributed by atoms with Gasteiger partial charge in [-0.25, -0.2) is 0 Å². The third-order valence-corrected chi connectivity index (χ3v) is 4.58. The van der Waals surface area contributed by atoms with Crippen molar-refractivity contribution in [2.24, 2.45) is 13.0 Å². The molecule has 0 spiro atoms. The largest absolute Gasteiger partial charge is 0.315 e. The lowest BCUT2D eigenvalue weighted by Gasteiger charge is -2.19. The Morgan fingerprint density at radius 3 is 2.96 bits per heavy atom. The highest BCUT2D eigenvalue weighted by Crippen LogP contribution is 2.48. The molecule has 23 heavy (non-hydrogen) atoms. The van der Waals surface area contributed by atoms with Crippen LogP contribution in [0.3, 0.4) is 0 Å². The van der Waals surface area contributed by atoms with Gasteiger partial charge in [0.1, 0.15) is 0 Å². The van der Waals surface area contributed by atoms with Crippen LogP contribution in [0.15, 0.2) is 48.9 Å². The van der Waals surface area contributed by atoms with Gasteiger partial charge in [-0.05, 0) is 42.2 Å². The van der Waals surface area contributed by atoms with Crippen LogP contribution in [0.2, 0.25) is 0 Å². The van der Waals surface area contributed by atoms with E-state index in [1.165, 1.54) is 0 Å². The molecule has 1 amide bonds. The van der Waals surface area contributed by atoms with E-state index in [0.29, 0.717) is 5.92 Å². The van der Waals surface area contributed by atoms with Crippen molar-refractivity contribution in [3.63, 3.8) is 0 Å². The molecule has 1 aliphatic carbocycles. The molecule has 116 valence electrons. The van der Waals surface area contributed by atoms with Gasteiger partial charge in [-0.15, -0.1) is 0 Å². The average Bonchev–Trinajstić information content (AvgIpc) is 3.27. The third kappa shape index (κ3) is 2.38. The number of amides is 1. The van der Waals surface area contributed by atoms with Crippen molar-refractivity contribution in [2.75, 3.05) is 11.9 Å². The Labute approximate surface area is 134 Å². The molecule has 2 atom stereocenters. The fourth-order valence-electron chi connectivity index (χ4n) is 3.21. The second-order valence-corrected chi connectivity index (χ2v) is 6.14. The first-order valence-corrected chi connectivity index (χ1v) is 7.75. The molecule has 2 aromatic heterocycles. The molecule has 2 heterocycles. The second-order valence-electron chi connectivity index (χ2n) is 6.14. The molecular weight excluding hydrogens is 288 g/mol. The predicted octanol–water partition coefficient (Wildman–Crippen LogP) is 2.73. The number of nitrogens with zero attached hydrogens (tertiary/aromatic N) is 4. The second kappa shape index (κ2) is 5.19. The van der Waals surface area contributed by atoms with Gasteiger partial charge < -0.3 is 4.90 Å². The number of carbonyl (C=O) groups is 1. The predicted molar refractivity (Wildman–Crippen MR) is 89.2 cm³/mol. The molecular formula is C18H18N4O. The first-order chi connectivity index (χ1) is 11.1. The minimum Gasteiger partial charge on any atom is -0.315 e. The van der Waals surface area contributed by atoms with Gasteiger partial charge in [0.2, 0.25) is 5.91 Å². The summed E-state index contributed by atoms with van der Waals surface area (Å²) in [6.07, 6.45) is 6.53. The molecule has 0 N–H and O–H groups in total. The molecule has 5 nitrogen and oxygen atoms in total. The standard InChI is InChI=1S/C18H18N4O/c1-21-11-12(10-20-21)14-9-15(14)18(23)22(2)17-7-3-6-16-13(17)5-4-8-19-16/h3-8,10-11,14-15H,9H2,1-2H3/t14-,15+/m0/s1. The first kappa shape index (κ1) is 13.9. The molecule has 1 saturated carbocycles. The van der Waals surface area contributed by atoms with E-state index >= 15 is 0 Å². The summed E-state index contributed by atoms with van der Waals surface area (Å²) >= 11 is 0. The Kier molecular flexibility index (Phi) is 3.15. The van der Waals surface area contributed by atoms with Gasteiger partial charge in [0.15, 0.2) is 0 Å². The molecule has 0 saturated heterocycles. The van der Waals surface area contributed by atoms with Crippen molar-refractivity contribution in [1.29, 1.82) is 0 Å². The Hall–Kier alpha value is -2.69. The van der Waals surface area contributed by atoms with Crippen molar-refractivity contribution >= 4 is 22.5 Å². The van der Waals surface area contributed by atoms with Gasteiger partial charge in [-0.3, -0.25) is 14.5 Å². The van der Waals surface area contributed by atoms with E-state index in [9.17, 15) is 4.79 Å². The van der Waals surface area contributed by atoms with Crippen molar-refractivity contribution in [3.8, 4) is 0 Å². The van der Waals surface area contributed by atoms with Crippen LogP contribution in [0, 0.1) is 5.92 Å². The number of benzene rings is 1. The lowest BCUT2D eigenvalue weighted by molar-refractivity contribution is -0.119. The van der Waals surface area contributed by atoms with Gasteiger partial charge in [-0.2, -0.15) is 5.10 Å². The van der Waals surface area contributed by atoms with Crippen LogP contribution < -0.4 is 4.90 Å². The highest BCUT2D eigenvalue weighted by Gasteiger charge is 2.46. The van der Waals surface area contributed by atoms with Crippen molar-refractivity contribution in [1.82, 2.24) is 14.8 Å². The van der Waals surface area contributed by atoms with E-state index in [-0.39, 0.29) is 11.8 Å². The quantitative estimate of drug-likeness (QED) is 0.747. The number of aromatic nitrogens is 3. The van der Waals surface area contributed by atoms with E-state index in [2.05, 4.69) is 10.1 Å². The van der Waals surface area contributed by atoms with Crippen LogP contribution in [-0.4, -0.2) is 27.7 Å². The van der Waals surface area contributed by atoms with E-state index in [4.69, 9.17) is 0 Å². The molecule has 4 rings (SSSR count). The number of fused-ring (bicyclic) bond motifs is 1. The van der Waals surface area contributed by atoms with E-state index < -0.39 is 0 Å². The number of aryl methyl sites for hydroxylation is 1. The van der Waals surface area contributed by atoms with Crippen LogP contribution >= 0.6 is 0 Å². The SMILES string of the molecule is CN(C(=O)[C@@H]1C[C@H]1c1cnn(C)c1)c1cccc2ncccc12. The average molecular weight is 306 g/mol. The van der Waals surface area contributed by atoms with Crippen molar-refractivity contribution in [2.45, 2.75) is 12.3 Å². The van der Waals surface area contributed by atoms with Gasteiger partial charge >= 0.3 is 0 Å². The summed E-state index contributed by atoms with van der Waals surface area (Å²) in [4.78, 5) is 18.9. The highest BCUT2D eigenvalue weighted by molar-refractivity contribution is 6.04. The fraction of sp³-hybridized carbons (Fsp3) is 0.278. The lowest BCUT2D eigenvalue weighted by Crippen LogP contribution is -2.28. The Balaban J connectivity index is 1.59. The first-order valence-electron chi connectivity index (χ1n) is 7.75. The van der Waals surface area contributed by atoms with Gasteiger partial charge in [-0.1, -0.05) is 6.07 Å². The maximum Gasteiger partial charge on any atom is 0.230 e. The topological polar surface area (TPSA) is 51.0 Å². The third-order valence-electron chi connectivity index (χ3n) is 4.58. The van der Waals surface area contributed by atoms with E-state index in [1.807, 2.05) is 56.8 Å². The summed E-state index contributed by atoms with van der Waals surface area (Å²) in [5.74, 6) is 0.512. The summed E-state index contributed by atoms with van der Waals surface area (Å²) in [6, 6.07) is 9.79. The van der Waals surface area contributed by atoms with Gasteiger partial charge in [0.05, 0.1) is 17.4 Å². The lowest BCUT2D eigenvalue weighted by atomic mass is 10.1. The number of hydrogen-bond acceptors (Lipinski definition) is 3. The van der Waals surface area contributed by atoms with Crippen molar-refractivity contribution < 1.29 is 4.79 Å². The minimum atomic E-state index is 0.0520. The Morgan fingerprint density at radius 1 is 1.30 bits per heavy atom. The smallest absolute Gasteiger partial charge is 0.230 e. The molecule has 0 radical (unpaired) electrons. The van der Waals surface area contributed by atoms with E-state index in [0.717, 1.165) is 28.6 Å². The van der Waals surface area contributed by atoms with Crippen LogP contribution in [0.25, 0.3) is 10.9 Å². The van der Waals surface area contributed by atoms with Crippen LogP contribution in [-0.2, 0) is 11.8 Å². The molecule has 1 aromatic carbocycles. The Bertz CT molecular complexity index is 880. The minimum absolute atomic E-state index is 0.0520. The monoisotopic (exact) mass is 306 g/mol. The Morgan fingerprint density at radius 2 is 2.17 bits per heavy atom. The molecule has 5 heteroatoms. The van der Waals surface area contributed by atoms with Crippen molar-refractivity contribution in [3.05, 3.63) is 54.5 Å². The highest BCUT2D eigenvalue weighted by atomic mass is 16.2. The zero-order valence-electron chi connectivity index (χ0n) is 13.2. The molecule has 0 aliphatic heterocycles. The van der Waals surface area contributed by atoms with Crippen LogP contribution in [0.4, 0.5) is 5.69 Å². The maximum atomic E-state index is 12.8. The number of pyridine rings is 1. The normalized spacial score (nSPS) is 19.7. The van der Waals surface area contributed by atoms with Crippen LogP contribution in [0.5, 0.6) is 0 Å². The number of anilines is 1. The molecule has 1 fully saturated rings. The number of carbonyl (C=O) groups excluding carboxylic acids is 1.